The molecule has 2 rings (SSSR count). The van der Waals surface area contributed by atoms with Crippen LogP contribution in [0, 0.1) is 0 Å². The number of aliphatic hydroxyl groups excluding tert-OH is 1. The van der Waals surface area contributed by atoms with E-state index < -0.39 is 0 Å². The molecule has 17 heavy (non-hydrogen) atoms. The van der Waals surface area contributed by atoms with Crippen molar-refractivity contribution in [2.45, 2.75) is 18.4 Å². The molecule has 1 aromatic carbocycles. The summed E-state index contributed by atoms with van der Waals surface area (Å²) >= 11 is 0. The molecule has 0 aromatic heterocycles. The topological polar surface area (TPSA) is 50.7 Å². The second-order valence-electron chi connectivity index (χ2n) is 4.25. The van der Waals surface area contributed by atoms with E-state index in [0.717, 1.165) is 24.5 Å². The Bertz CT molecular complexity index is 381. The first-order valence-electron chi connectivity index (χ1n) is 5.86. The Balaban J connectivity index is 2.26. The first-order chi connectivity index (χ1) is 8.30. The lowest BCUT2D eigenvalue weighted by Gasteiger charge is -2.19. The predicted octanol–water partition coefficient (Wildman–Crippen LogP) is 1.14. The fourth-order valence-electron chi connectivity index (χ4n) is 2.44. The Kier molecular flexibility index (Phi) is 3.86. The van der Waals surface area contributed by atoms with Gasteiger partial charge >= 0.3 is 0 Å². The largest absolute Gasteiger partial charge is 0.493 e. The van der Waals surface area contributed by atoms with Gasteiger partial charge in [0.25, 0.3) is 0 Å². The SMILES string of the molecule is COc1ccc([C@H]2CCN[C@@H]2CO)cc1OC. The standard InChI is InChI=1S/C13H19NO3/c1-16-12-4-3-9(7-13(12)17-2)10-5-6-14-11(10)8-15/h3-4,7,10-11,14-15H,5-6,8H2,1-2H3/t10-,11-/m1/s1. The molecule has 94 valence electrons. The third kappa shape index (κ3) is 2.37. The highest BCUT2D eigenvalue weighted by Gasteiger charge is 2.28. The molecule has 0 saturated carbocycles. The summed E-state index contributed by atoms with van der Waals surface area (Å²) in [5.74, 6) is 1.83. The minimum absolute atomic E-state index is 0.146. The zero-order chi connectivity index (χ0) is 12.3. The molecule has 1 heterocycles. The molecule has 4 heteroatoms. The molecule has 0 amide bonds. The average molecular weight is 237 g/mol. The summed E-state index contributed by atoms with van der Waals surface area (Å²) in [5, 5.41) is 12.6. The maximum atomic E-state index is 9.31. The number of hydrogen-bond acceptors (Lipinski definition) is 4. The van der Waals surface area contributed by atoms with Gasteiger partial charge in [0.05, 0.1) is 20.8 Å². The molecule has 0 bridgehead atoms. The van der Waals surface area contributed by atoms with Crippen molar-refractivity contribution in [1.82, 2.24) is 5.32 Å². The van der Waals surface area contributed by atoms with E-state index in [2.05, 4.69) is 5.32 Å². The van der Waals surface area contributed by atoms with Crippen LogP contribution >= 0.6 is 0 Å². The summed E-state index contributed by atoms with van der Waals surface area (Å²) in [7, 11) is 3.27. The van der Waals surface area contributed by atoms with Gasteiger partial charge in [-0.05, 0) is 30.7 Å². The van der Waals surface area contributed by atoms with Gasteiger partial charge in [-0.3, -0.25) is 0 Å². The van der Waals surface area contributed by atoms with Crippen LogP contribution in [0.4, 0.5) is 0 Å². The maximum absolute atomic E-state index is 9.31. The zero-order valence-electron chi connectivity index (χ0n) is 10.3. The lowest BCUT2D eigenvalue weighted by Crippen LogP contribution is -2.29. The van der Waals surface area contributed by atoms with E-state index in [9.17, 15) is 5.11 Å². The van der Waals surface area contributed by atoms with Crippen LogP contribution in [0.5, 0.6) is 11.5 Å². The number of aliphatic hydroxyl groups is 1. The summed E-state index contributed by atoms with van der Waals surface area (Å²) < 4.78 is 10.5. The highest BCUT2D eigenvalue weighted by Crippen LogP contribution is 2.34. The van der Waals surface area contributed by atoms with E-state index in [0.29, 0.717) is 5.92 Å². The van der Waals surface area contributed by atoms with Crippen molar-refractivity contribution < 1.29 is 14.6 Å². The third-order valence-electron chi connectivity index (χ3n) is 3.38. The Hall–Kier alpha value is -1.26. The molecule has 1 aliphatic rings. The van der Waals surface area contributed by atoms with Crippen LogP contribution in [0.15, 0.2) is 18.2 Å². The number of benzene rings is 1. The quantitative estimate of drug-likeness (QED) is 0.824. The van der Waals surface area contributed by atoms with Crippen LogP contribution in [-0.4, -0.2) is 38.5 Å². The van der Waals surface area contributed by atoms with Crippen molar-refractivity contribution in [3.63, 3.8) is 0 Å². The zero-order valence-corrected chi connectivity index (χ0v) is 10.3. The summed E-state index contributed by atoms with van der Waals surface area (Å²) in [6.45, 7) is 1.11. The molecular formula is C13H19NO3. The van der Waals surface area contributed by atoms with Gasteiger partial charge in [0.15, 0.2) is 11.5 Å². The third-order valence-corrected chi connectivity index (χ3v) is 3.38. The van der Waals surface area contributed by atoms with E-state index in [1.165, 1.54) is 5.56 Å². The highest BCUT2D eigenvalue weighted by atomic mass is 16.5. The molecule has 2 atom stereocenters. The molecule has 0 radical (unpaired) electrons. The van der Waals surface area contributed by atoms with Crippen molar-refractivity contribution >= 4 is 0 Å². The molecule has 1 fully saturated rings. The van der Waals surface area contributed by atoms with Gasteiger partial charge in [0, 0.05) is 12.0 Å². The van der Waals surface area contributed by atoms with Crippen LogP contribution in [0.25, 0.3) is 0 Å². The number of rotatable bonds is 4. The number of hydrogen-bond donors (Lipinski definition) is 2. The summed E-state index contributed by atoms with van der Waals surface area (Å²) in [4.78, 5) is 0. The van der Waals surface area contributed by atoms with Gasteiger partial charge in [-0.1, -0.05) is 6.07 Å². The number of nitrogens with one attached hydrogen (secondary N) is 1. The van der Waals surface area contributed by atoms with Crippen molar-refractivity contribution in [1.29, 1.82) is 0 Å². The van der Waals surface area contributed by atoms with Crippen LogP contribution < -0.4 is 14.8 Å². The normalized spacial score (nSPS) is 23.7. The molecule has 0 spiro atoms. The molecule has 1 saturated heterocycles. The summed E-state index contributed by atoms with van der Waals surface area (Å²) in [5.41, 5.74) is 1.19. The number of ether oxygens (including phenoxy) is 2. The Morgan fingerprint density at radius 2 is 2.06 bits per heavy atom. The minimum atomic E-state index is 0.146. The van der Waals surface area contributed by atoms with Gasteiger partial charge in [-0.25, -0.2) is 0 Å². The molecular weight excluding hydrogens is 218 g/mol. The van der Waals surface area contributed by atoms with Gasteiger partial charge in [-0.2, -0.15) is 0 Å². The molecule has 0 aliphatic carbocycles. The van der Waals surface area contributed by atoms with Crippen LogP contribution in [0.3, 0.4) is 0 Å². The Labute approximate surface area is 102 Å². The lowest BCUT2D eigenvalue weighted by atomic mass is 9.92. The van der Waals surface area contributed by atoms with Crippen molar-refractivity contribution in [3.8, 4) is 11.5 Å². The van der Waals surface area contributed by atoms with Crippen LogP contribution in [-0.2, 0) is 0 Å². The number of methoxy groups -OCH3 is 2. The van der Waals surface area contributed by atoms with Gasteiger partial charge in [0.2, 0.25) is 0 Å². The van der Waals surface area contributed by atoms with E-state index in [1.54, 1.807) is 14.2 Å². The fourth-order valence-corrected chi connectivity index (χ4v) is 2.44. The molecule has 1 aliphatic heterocycles. The first-order valence-corrected chi connectivity index (χ1v) is 5.86. The van der Waals surface area contributed by atoms with E-state index in [1.807, 2.05) is 18.2 Å². The fraction of sp³-hybridized carbons (Fsp3) is 0.538. The lowest BCUT2D eigenvalue weighted by molar-refractivity contribution is 0.245. The molecule has 0 unspecified atom stereocenters. The highest BCUT2D eigenvalue weighted by molar-refractivity contribution is 5.44. The average Bonchev–Trinajstić information content (AvgIpc) is 2.86. The van der Waals surface area contributed by atoms with E-state index in [4.69, 9.17) is 9.47 Å². The van der Waals surface area contributed by atoms with E-state index >= 15 is 0 Å². The monoisotopic (exact) mass is 237 g/mol. The van der Waals surface area contributed by atoms with Gasteiger partial charge in [0.1, 0.15) is 0 Å². The molecule has 4 nitrogen and oxygen atoms in total. The smallest absolute Gasteiger partial charge is 0.160 e. The van der Waals surface area contributed by atoms with Crippen LogP contribution in [0.2, 0.25) is 0 Å². The van der Waals surface area contributed by atoms with Crippen molar-refractivity contribution in [2.24, 2.45) is 0 Å². The predicted molar refractivity (Wildman–Crippen MR) is 65.8 cm³/mol. The maximum Gasteiger partial charge on any atom is 0.160 e. The van der Waals surface area contributed by atoms with Gasteiger partial charge in [-0.15, -0.1) is 0 Å². The van der Waals surface area contributed by atoms with Gasteiger partial charge < -0.3 is 19.9 Å². The van der Waals surface area contributed by atoms with Crippen molar-refractivity contribution in [3.05, 3.63) is 23.8 Å². The second kappa shape index (κ2) is 5.38. The Morgan fingerprint density at radius 3 is 2.71 bits per heavy atom. The molecule has 1 aromatic rings. The summed E-state index contributed by atoms with van der Waals surface area (Å²) in [6, 6.07) is 6.11. The minimum Gasteiger partial charge on any atom is -0.493 e. The summed E-state index contributed by atoms with van der Waals surface area (Å²) in [6.07, 6.45) is 1.04. The molecule has 2 N–H and O–H groups in total. The second-order valence-corrected chi connectivity index (χ2v) is 4.25. The van der Waals surface area contributed by atoms with Crippen LogP contribution in [0.1, 0.15) is 17.9 Å². The Morgan fingerprint density at radius 1 is 1.29 bits per heavy atom. The van der Waals surface area contributed by atoms with E-state index in [-0.39, 0.29) is 12.6 Å². The van der Waals surface area contributed by atoms with Crippen molar-refractivity contribution in [2.75, 3.05) is 27.4 Å². The first kappa shape index (κ1) is 12.2.